The molecule has 1 aliphatic rings. The van der Waals surface area contributed by atoms with E-state index in [9.17, 15) is 9.59 Å². The van der Waals surface area contributed by atoms with Crippen LogP contribution in [0.15, 0.2) is 30.3 Å². The molecule has 1 heterocycles. The van der Waals surface area contributed by atoms with E-state index in [-0.39, 0.29) is 17.9 Å². The number of carbonyl (C=O) groups is 2. The van der Waals surface area contributed by atoms with E-state index < -0.39 is 0 Å². The van der Waals surface area contributed by atoms with E-state index in [4.69, 9.17) is 0 Å². The lowest BCUT2D eigenvalue weighted by Crippen LogP contribution is -2.45. The molecule has 1 saturated heterocycles. The number of amides is 2. The van der Waals surface area contributed by atoms with Gasteiger partial charge in [-0.15, -0.1) is 0 Å². The minimum Gasteiger partial charge on any atom is -0.350 e. The summed E-state index contributed by atoms with van der Waals surface area (Å²) in [6, 6.07) is 9.38. The molecule has 2 amide bonds. The van der Waals surface area contributed by atoms with Crippen LogP contribution in [0.4, 0.5) is 0 Å². The van der Waals surface area contributed by atoms with Gasteiger partial charge in [0.1, 0.15) is 6.04 Å². The van der Waals surface area contributed by atoms with Crippen LogP contribution in [0.3, 0.4) is 0 Å². The highest BCUT2D eigenvalue weighted by atomic mass is 16.2. The van der Waals surface area contributed by atoms with E-state index >= 15 is 0 Å². The number of hydrogen-bond acceptors (Lipinski definition) is 2. The van der Waals surface area contributed by atoms with Gasteiger partial charge in [-0.05, 0) is 18.4 Å². The maximum Gasteiger partial charge on any atom is 0.242 e. The highest BCUT2D eigenvalue weighted by Gasteiger charge is 2.22. The first-order chi connectivity index (χ1) is 8.75. The zero-order chi connectivity index (χ0) is 12.8. The number of carbonyl (C=O) groups excluding carboxylic acids is 2. The van der Waals surface area contributed by atoms with Gasteiger partial charge in [-0.2, -0.15) is 0 Å². The van der Waals surface area contributed by atoms with Gasteiger partial charge >= 0.3 is 0 Å². The Labute approximate surface area is 107 Å². The molecule has 18 heavy (non-hydrogen) atoms. The third kappa shape index (κ3) is 3.58. The SMILES string of the molecule is O=C1CCCC[C@@H](C(=O)NCc2ccccc2)N1. The molecule has 0 spiro atoms. The highest BCUT2D eigenvalue weighted by Crippen LogP contribution is 2.09. The molecule has 1 atom stereocenters. The molecule has 4 heteroatoms. The summed E-state index contributed by atoms with van der Waals surface area (Å²) in [5.41, 5.74) is 1.06. The minimum atomic E-state index is -0.372. The molecule has 1 aliphatic heterocycles. The van der Waals surface area contributed by atoms with Crippen molar-refractivity contribution in [2.45, 2.75) is 38.3 Å². The molecule has 1 fully saturated rings. The van der Waals surface area contributed by atoms with Gasteiger partial charge < -0.3 is 10.6 Å². The van der Waals surface area contributed by atoms with Crippen LogP contribution in [0.2, 0.25) is 0 Å². The summed E-state index contributed by atoms with van der Waals surface area (Å²) in [5.74, 6) is -0.110. The monoisotopic (exact) mass is 246 g/mol. The summed E-state index contributed by atoms with van der Waals surface area (Å²) < 4.78 is 0. The summed E-state index contributed by atoms with van der Waals surface area (Å²) in [5, 5.41) is 5.63. The second-order valence-corrected chi connectivity index (χ2v) is 4.57. The Morgan fingerprint density at radius 3 is 2.83 bits per heavy atom. The number of benzene rings is 1. The second kappa shape index (κ2) is 6.19. The average molecular weight is 246 g/mol. The molecule has 2 N–H and O–H groups in total. The Bertz CT molecular complexity index is 417. The van der Waals surface area contributed by atoms with E-state index in [1.807, 2.05) is 30.3 Å². The molecule has 0 aromatic heterocycles. The fourth-order valence-electron chi connectivity index (χ4n) is 2.08. The zero-order valence-corrected chi connectivity index (χ0v) is 10.3. The predicted octanol–water partition coefficient (Wildman–Crippen LogP) is 1.36. The standard InChI is InChI=1S/C14H18N2O2/c17-13-9-5-4-8-12(16-13)14(18)15-10-11-6-2-1-3-7-11/h1-3,6-7,12H,4-5,8-10H2,(H,15,18)(H,16,17)/t12-/m0/s1. The van der Waals surface area contributed by atoms with Crippen LogP contribution in [0, 0.1) is 0 Å². The van der Waals surface area contributed by atoms with Crippen LogP contribution in [0.1, 0.15) is 31.2 Å². The summed E-state index contributed by atoms with van der Waals surface area (Å²) in [6.45, 7) is 0.506. The summed E-state index contributed by atoms with van der Waals surface area (Å²) >= 11 is 0. The number of rotatable bonds is 3. The lowest BCUT2D eigenvalue weighted by molar-refractivity contribution is -0.128. The first-order valence-corrected chi connectivity index (χ1v) is 6.37. The first-order valence-electron chi connectivity index (χ1n) is 6.37. The summed E-state index contributed by atoms with van der Waals surface area (Å²) in [7, 11) is 0. The molecular formula is C14H18N2O2. The lowest BCUT2D eigenvalue weighted by atomic mass is 10.1. The van der Waals surface area contributed by atoms with Gasteiger partial charge in [0.15, 0.2) is 0 Å². The van der Waals surface area contributed by atoms with Crippen molar-refractivity contribution in [3.63, 3.8) is 0 Å². The summed E-state index contributed by atoms with van der Waals surface area (Å²) in [6.07, 6.45) is 3.05. The lowest BCUT2D eigenvalue weighted by Gasteiger charge is -2.15. The third-order valence-electron chi connectivity index (χ3n) is 3.11. The van der Waals surface area contributed by atoms with Gasteiger partial charge in [0.2, 0.25) is 11.8 Å². The molecule has 0 unspecified atom stereocenters. The van der Waals surface area contributed by atoms with Gasteiger partial charge in [-0.25, -0.2) is 0 Å². The largest absolute Gasteiger partial charge is 0.350 e. The van der Waals surface area contributed by atoms with Crippen molar-refractivity contribution in [1.82, 2.24) is 10.6 Å². The van der Waals surface area contributed by atoms with Crippen molar-refractivity contribution in [2.24, 2.45) is 0 Å². The van der Waals surface area contributed by atoms with Gasteiger partial charge in [-0.3, -0.25) is 9.59 Å². The van der Waals surface area contributed by atoms with Crippen molar-refractivity contribution in [1.29, 1.82) is 0 Å². The quantitative estimate of drug-likeness (QED) is 0.846. The first kappa shape index (κ1) is 12.6. The normalized spacial score (nSPS) is 19.8. The average Bonchev–Trinajstić information content (AvgIpc) is 2.62. The molecule has 0 saturated carbocycles. The zero-order valence-electron chi connectivity index (χ0n) is 10.3. The van der Waals surface area contributed by atoms with E-state index in [1.54, 1.807) is 0 Å². The van der Waals surface area contributed by atoms with Crippen LogP contribution in [0.25, 0.3) is 0 Å². The van der Waals surface area contributed by atoms with Crippen LogP contribution in [-0.2, 0) is 16.1 Å². The molecule has 0 bridgehead atoms. The van der Waals surface area contributed by atoms with E-state index in [1.165, 1.54) is 0 Å². The third-order valence-corrected chi connectivity index (χ3v) is 3.11. The van der Waals surface area contributed by atoms with Crippen LogP contribution < -0.4 is 10.6 Å². The molecule has 4 nitrogen and oxygen atoms in total. The van der Waals surface area contributed by atoms with Gasteiger partial charge in [0, 0.05) is 13.0 Å². The Kier molecular flexibility index (Phi) is 4.34. The number of nitrogens with one attached hydrogen (secondary N) is 2. The van der Waals surface area contributed by atoms with Crippen molar-refractivity contribution in [3.05, 3.63) is 35.9 Å². The van der Waals surface area contributed by atoms with Crippen molar-refractivity contribution >= 4 is 11.8 Å². The van der Waals surface area contributed by atoms with Crippen LogP contribution >= 0.6 is 0 Å². The molecule has 0 radical (unpaired) electrons. The Hall–Kier alpha value is -1.84. The fourth-order valence-corrected chi connectivity index (χ4v) is 2.08. The maximum atomic E-state index is 11.9. The minimum absolute atomic E-state index is 0.0210. The molecule has 96 valence electrons. The van der Waals surface area contributed by atoms with Crippen molar-refractivity contribution in [2.75, 3.05) is 0 Å². The van der Waals surface area contributed by atoms with Crippen molar-refractivity contribution in [3.8, 4) is 0 Å². The van der Waals surface area contributed by atoms with Gasteiger partial charge in [-0.1, -0.05) is 36.8 Å². The van der Waals surface area contributed by atoms with E-state index in [0.29, 0.717) is 13.0 Å². The van der Waals surface area contributed by atoms with Crippen molar-refractivity contribution < 1.29 is 9.59 Å². The smallest absolute Gasteiger partial charge is 0.242 e. The highest BCUT2D eigenvalue weighted by molar-refractivity contribution is 5.87. The Morgan fingerprint density at radius 1 is 1.28 bits per heavy atom. The summed E-state index contributed by atoms with van der Waals surface area (Å²) in [4.78, 5) is 23.3. The predicted molar refractivity (Wildman–Crippen MR) is 68.7 cm³/mol. The maximum absolute atomic E-state index is 11.9. The molecular weight excluding hydrogens is 228 g/mol. The molecule has 2 rings (SSSR count). The molecule has 1 aromatic rings. The van der Waals surface area contributed by atoms with Crippen LogP contribution in [-0.4, -0.2) is 17.9 Å². The Balaban J connectivity index is 1.85. The number of hydrogen-bond donors (Lipinski definition) is 2. The van der Waals surface area contributed by atoms with E-state index in [2.05, 4.69) is 10.6 Å². The molecule has 1 aromatic carbocycles. The van der Waals surface area contributed by atoms with Gasteiger partial charge in [0.05, 0.1) is 0 Å². The Morgan fingerprint density at radius 2 is 2.06 bits per heavy atom. The van der Waals surface area contributed by atoms with Gasteiger partial charge in [0.25, 0.3) is 0 Å². The van der Waals surface area contributed by atoms with Crippen LogP contribution in [0.5, 0.6) is 0 Å². The second-order valence-electron chi connectivity index (χ2n) is 4.57. The fraction of sp³-hybridized carbons (Fsp3) is 0.429. The topological polar surface area (TPSA) is 58.2 Å². The molecule has 0 aliphatic carbocycles. The van der Waals surface area contributed by atoms with E-state index in [0.717, 1.165) is 24.8 Å².